The third-order valence-electron chi connectivity index (χ3n) is 4.48. The quantitative estimate of drug-likeness (QED) is 0.832. The first-order chi connectivity index (χ1) is 9.82. The largest absolute Gasteiger partial charge is 0.391 e. The molecule has 21 heavy (non-hydrogen) atoms. The van der Waals surface area contributed by atoms with Gasteiger partial charge >= 0.3 is 0 Å². The van der Waals surface area contributed by atoms with Crippen LogP contribution in [0.3, 0.4) is 0 Å². The van der Waals surface area contributed by atoms with Gasteiger partial charge in [-0.05, 0) is 44.8 Å². The summed E-state index contributed by atoms with van der Waals surface area (Å²) in [5, 5.41) is 11.1. The van der Waals surface area contributed by atoms with E-state index in [1.165, 1.54) is 11.3 Å². The summed E-state index contributed by atoms with van der Waals surface area (Å²) >= 11 is 1.29. The van der Waals surface area contributed by atoms with Crippen LogP contribution in [0.15, 0.2) is 10.3 Å². The predicted molar refractivity (Wildman–Crippen MR) is 85.1 cm³/mol. The van der Waals surface area contributed by atoms with E-state index in [1.807, 2.05) is 14.1 Å². The second-order valence-corrected chi connectivity index (χ2v) is 8.65. The second-order valence-electron chi connectivity index (χ2n) is 5.98. The number of nitrogens with zero attached hydrogens (tertiary/aromatic N) is 1. The van der Waals surface area contributed by atoms with E-state index in [-0.39, 0.29) is 17.0 Å². The van der Waals surface area contributed by atoms with Crippen molar-refractivity contribution in [3.05, 3.63) is 15.8 Å². The van der Waals surface area contributed by atoms with Crippen molar-refractivity contribution in [3.8, 4) is 0 Å². The lowest BCUT2D eigenvalue weighted by molar-refractivity contribution is 0.162. The fourth-order valence-corrected chi connectivity index (χ4v) is 5.85. The number of aryl methyl sites for hydroxylation is 1. The van der Waals surface area contributed by atoms with Gasteiger partial charge in [-0.1, -0.05) is 12.8 Å². The molecule has 7 heteroatoms. The maximum atomic E-state index is 12.6. The van der Waals surface area contributed by atoms with Gasteiger partial charge in [0.2, 0.25) is 10.0 Å². The third-order valence-corrected chi connectivity index (χ3v) is 7.32. The highest BCUT2D eigenvalue weighted by Crippen LogP contribution is 2.34. The summed E-state index contributed by atoms with van der Waals surface area (Å²) in [5.41, 5.74) is 0.609. The Bertz CT molecular complexity index is 587. The van der Waals surface area contributed by atoms with Gasteiger partial charge in [0.15, 0.2) is 0 Å². The van der Waals surface area contributed by atoms with Gasteiger partial charge in [-0.2, -0.15) is 0 Å². The minimum absolute atomic E-state index is 0.0869. The summed E-state index contributed by atoms with van der Waals surface area (Å²) in [4.78, 5) is 2.89. The van der Waals surface area contributed by atoms with E-state index < -0.39 is 10.0 Å². The molecular weight excluding hydrogens is 308 g/mol. The van der Waals surface area contributed by atoms with Gasteiger partial charge in [-0.3, -0.25) is 0 Å². The van der Waals surface area contributed by atoms with E-state index in [2.05, 4.69) is 9.62 Å². The maximum Gasteiger partial charge on any atom is 0.242 e. The minimum Gasteiger partial charge on any atom is -0.391 e. The molecule has 0 bridgehead atoms. The van der Waals surface area contributed by atoms with Gasteiger partial charge in [-0.15, -0.1) is 11.3 Å². The topological polar surface area (TPSA) is 69.6 Å². The summed E-state index contributed by atoms with van der Waals surface area (Å²) in [6, 6.07) is 0. The van der Waals surface area contributed by atoms with E-state index >= 15 is 0 Å². The summed E-state index contributed by atoms with van der Waals surface area (Å²) < 4.78 is 27.9. The zero-order valence-corrected chi connectivity index (χ0v) is 14.5. The smallest absolute Gasteiger partial charge is 0.242 e. The number of likely N-dealkylation sites (N-methyl/N-ethyl adjacent to an activating group) is 1. The average molecular weight is 332 g/mol. The van der Waals surface area contributed by atoms with Gasteiger partial charge in [0, 0.05) is 12.1 Å². The molecule has 0 spiro atoms. The van der Waals surface area contributed by atoms with Crippen molar-refractivity contribution in [1.82, 2.24) is 9.62 Å². The highest BCUT2D eigenvalue weighted by atomic mass is 32.2. The summed E-state index contributed by atoms with van der Waals surface area (Å²) in [7, 11) is 0.441. The van der Waals surface area contributed by atoms with Crippen LogP contribution in [-0.2, 0) is 16.6 Å². The van der Waals surface area contributed by atoms with Crippen molar-refractivity contribution >= 4 is 21.4 Å². The molecule has 1 fully saturated rings. The molecule has 0 aromatic carbocycles. The first kappa shape index (κ1) is 16.9. The molecule has 1 aliphatic rings. The fourth-order valence-electron chi connectivity index (χ4n) is 3.07. The number of aliphatic hydroxyl groups is 1. The van der Waals surface area contributed by atoms with E-state index in [0.717, 1.165) is 25.7 Å². The summed E-state index contributed by atoms with van der Waals surface area (Å²) in [5.74, 6) is 0. The van der Waals surface area contributed by atoms with E-state index in [1.54, 1.807) is 12.3 Å². The zero-order valence-electron chi connectivity index (χ0n) is 12.8. The van der Waals surface area contributed by atoms with Gasteiger partial charge < -0.3 is 10.0 Å². The van der Waals surface area contributed by atoms with Crippen LogP contribution >= 0.6 is 11.3 Å². The van der Waals surface area contributed by atoms with Crippen LogP contribution in [0, 0.1) is 6.92 Å². The van der Waals surface area contributed by atoms with Crippen molar-refractivity contribution in [2.75, 3.05) is 20.6 Å². The van der Waals surface area contributed by atoms with Gasteiger partial charge in [0.25, 0.3) is 0 Å². The van der Waals surface area contributed by atoms with E-state index in [9.17, 15) is 13.5 Å². The van der Waals surface area contributed by atoms with E-state index in [0.29, 0.717) is 17.0 Å². The maximum absolute atomic E-state index is 12.6. The Labute approximate surface area is 131 Å². The molecule has 0 amide bonds. The van der Waals surface area contributed by atoms with Crippen LogP contribution in [0.4, 0.5) is 0 Å². The number of thiophene rings is 1. The Hall–Kier alpha value is -0.470. The van der Waals surface area contributed by atoms with Crippen LogP contribution < -0.4 is 4.72 Å². The Morgan fingerprint density at radius 1 is 1.38 bits per heavy atom. The molecule has 1 aliphatic carbocycles. The van der Waals surface area contributed by atoms with Crippen molar-refractivity contribution in [1.29, 1.82) is 0 Å². The molecule has 1 aromatic rings. The Morgan fingerprint density at radius 3 is 2.52 bits per heavy atom. The molecule has 2 rings (SSSR count). The van der Waals surface area contributed by atoms with Crippen LogP contribution in [0.5, 0.6) is 0 Å². The second kappa shape index (κ2) is 6.34. The molecule has 0 saturated heterocycles. The third kappa shape index (κ3) is 3.32. The van der Waals surface area contributed by atoms with Gasteiger partial charge in [-0.25, -0.2) is 13.1 Å². The van der Waals surface area contributed by atoms with Crippen molar-refractivity contribution in [2.24, 2.45) is 0 Å². The number of hydrogen-bond acceptors (Lipinski definition) is 5. The van der Waals surface area contributed by atoms with Crippen LogP contribution in [0.2, 0.25) is 0 Å². The van der Waals surface area contributed by atoms with Gasteiger partial charge in [0.05, 0.1) is 11.5 Å². The molecular formula is C14H24N2O3S2. The SMILES string of the molecule is Cc1csc(CO)c1S(=O)(=O)NCC1(N(C)C)CCCC1. The molecule has 1 aromatic heterocycles. The predicted octanol–water partition coefficient (Wildman–Crippen LogP) is 1.70. The number of aliphatic hydroxyl groups excluding tert-OH is 1. The average Bonchev–Trinajstić information content (AvgIpc) is 3.03. The molecule has 0 aliphatic heterocycles. The van der Waals surface area contributed by atoms with Crippen molar-refractivity contribution < 1.29 is 13.5 Å². The molecule has 1 heterocycles. The molecule has 0 unspecified atom stereocenters. The number of nitrogens with one attached hydrogen (secondary N) is 1. The molecule has 5 nitrogen and oxygen atoms in total. The molecule has 2 N–H and O–H groups in total. The van der Waals surface area contributed by atoms with Crippen molar-refractivity contribution in [2.45, 2.75) is 49.6 Å². The first-order valence-electron chi connectivity index (χ1n) is 7.17. The Kier molecular flexibility index (Phi) is 5.10. The monoisotopic (exact) mass is 332 g/mol. The lowest BCUT2D eigenvalue weighted by Gasteiger charge is -2.36. The van der Waals surface area contributed by atoms with E-state index in [4.69, 9.17) is 0 Å². The van der Waals surface area contributed by atoms with Crippen LogP contribution in [-0.4, -0.2) is 44.6 Å². The normalized spacial score (nSPS) is 18.5. The number of sulfonamides is 1. The summed E-state index contributed by atoms with van der Waals surface area (Å²) in [6.07, 6.45) is 4.30. The highest BCUT2D eigenvalue weighted by molar-refractivity contribution is 7.89. The number of rotatable bonds is 6. The first-order valence-corrected chi connectivity index (χ1v) is 9.53. The molecule has 0 atom stereocenters. The van der Waals surface area contributed by atoms with Crippen molar-refractivity contribution in [3.63, 3.8) is 0 Å². The fraction of sp³-hybridized carbons (Fsp3) is 0.714. The highest BCUT2D eigenvalue weighted by Gasteiger charge is 2.37. The molecule has 0 radical (unpaired) electrons. The van der Waals surface area contributed by atoms with Gasteiger partial charge in [0.1, 0.15) is 4.90 Å². The standard InChI is InChI=1S/C14H24N2O3S2/c1-11-9-20-12(8-17)13(11)21(18,19)15-10-14(16(2)3)6-4-5-7-14/h9,15,17H,4-8,10H2,1-3H3. The minimum atomic E-state index is -3.58. The van der Waals surface area contributed by atoms with Crippen LogP contribution in [0.25, 0.3) is 0 Å². The lowest BCUT2D eigenvalue weighted by Crippen LogP contribution is -2.50. The Morgan fingerprint density at radius 2 is 2.00 bits per heavy atom. The van der Waals surface area contributed by atoms with Crippen LogP contribution in [0.1, 0.15) is 36.1 Å². The lowest BCUT2D eigenvalue weighted by atomic mass is 9.97. The molecule has 120 valence electrons. The molecule has 1 saturated carbocycles. The summed E-state index contributed by atoms with van der Waals surface area (Å²) in [6.45, 7) is 1.94. The Balaban J connectivity index is 2.20. The number of hydrogen-bond donors (Lipinski definition) is 2. The zero-order chi connectivity index (χ0) is 15.7.